The van der Waals surface area contributed by atoms with E-state index >= 15 is 0 Å². The van der Waals surface area contributed by atoms with Crippen molar-refractivity contribution in [2.75, 3.05) is 26.0 Å². The first-order valence-corrected chi connectivity index (χ1v) is 7.85. The molecular weight excluding hydrogens is 307 g/mol. The van der Waals surface area contributed by atoms with Gasteiger partial charge in [0.15, 0.2) is 0 Å². The second-order valence-electron chi connectivity index (χ2n) is 5.86. The van der Waals surface area contributed by atoms with Gasteiger partial charge in [-0.05, 0) is 38.2 Å². The van der Waals surface area contributed by atoms with Crippen LogP contribution in [0, 0.1) is 12.7 Å². The molecule has 128 valence electrons. The van der Waals surface area contributed by atoms with Gasteiger partial charge in [0.1, 0.15) is 11.6 Å². The maximum atomic E-state index is 13.1. The number of nitrogens with zero attached hydrogens (tertiary/aromatic N) is 1. The van der Waals surface area contributed by atoms with E-state index in [-0.39, 0.29) is 11.7 Å². The van der Waals surface area contributed by atoms with Crippen molar-refractivity contribution < 1.29 is 13.9 Å². The van der Waals surface area contributed by atoms with Crippen molar-refractivity contribution in [3.63, 3.8) is 0 Å². The first-order chi connectivity index (χ1) is 11.5. The highest BCUT2D eigenvalue weighted by atomic mass is 19.1. The van der Waals surface area contributed by atoms with Gasteiger partial charge in [-0.25, -0.2) is 4.39 Å². The Morgan fingerprint density at radius 2 is 2.04 bits per heavy atom. The molecule has 0 unspecified atom stereocenters. The smallest absolute Gasteiger partial charge is 0.225 e. The summed E-state index contributed by atoms with van der Waals surface area (Å²) in [5.41, 5.74) is 2.73. The van der Waals surface area contributed by atoms with Crippen molar-refractivity contribution in [1.82, 2.24) is 4.90 Å². The van der Waals surface area contributed by atoms with E-state index in [1.165, 1.54) is 17.7 Å². The summed E-state index contributed by atoms with van der Waals surface area (Å²) >= 11 is 0. The van der Waals surface area contributed by atoms with Crippen LogP contribution in [-0.4, -0.2) is 31.5 Å². The molecule has 0 heterocycles. The number of amides is 1. The summed E-state index contributed by atoms with van der Waals surface area (Å²) in [5, 5.41) is 2.70. The van der Waals surface area contributed by atoms with Gasteiger partial charge in [0, 0.05) is 30.8 Å². The summed E-state index contributed by atoms with van der Waals surface area (Å²) in [7, 11) is 3.61. The Labute approximate surface area is 142 Å². The number of benzene rings is 2. The van der Waals surface area contributed by atoms with Crippen molar-refractivity contribution in [2.45, 2.75) is 19.9 Å². The number of aryl methyl sites for hydroxylation is 1. The molecule has 4 nitrogen and oxygen atoms in total. The number of carbonyl (C=O) groups excluding carboxylic acids is 1. The highest BCUT2D eigenvalue weighted by molar-refractivity contribution is 5.90. The summed E-state index contributed by atoms with van der Waals surface area (Å²) in [5.74, 6) is 0.344. The van der Waals surface area contributed by atoms with Crippen molar-refractivity contribution in [1.29, 1.82) is 0 Å². The monoisotopic (exact) mass is 330 g/mol. The maximum Gasteiger partial charge on any atom is 0.225 e. The molecule has 1 amide bonds. The summed E-state index contributed by atoms with van der Waals surface area (Å²) in [4.78, 5) is 14.0. The average Bonchev–Trinajstić information content (AvgIpc) is 2.53. The minimum absolute atomic E-state index is 0.136. The number of halogens is 1. The number of hydrogen-bond donors (Lipinski definition) is 1. The number of anilines is 1. The van der Waals surface area contributed by atoms with Gasteiger partial charge in [-0.3, -0.25) is 4.79 Å². The van der Waals surface area contributed by atoms with Crippen LogP contribution in [0.5, 0.6) is 5.75 Å². The third-order valence-corrected chi connectivity index (χ3v) is 3.71. The van der Waals surface area contributed by atoms with Gasteiger partial charge in [0.25, 0.3) is 0 Å². The second kappa shape index (κ2) is 8.45. The van der Waals surface area contributed by atoms with Gasteiger partial charge in [0.05, 0.1) is 7.11 Å². The number of rotatable bonds is 7. The van der Waals surface area contributed by atoms with E-state index in [2.05, 4.69) is 16.3 Å². The molecule has 0 saturated carbocycles. The maximum absolute atomic E-state index is 13.1. The summed E-state index contributed by atoms with van der Waals surface area (Å²) in [6.45, 7) is 3.33. The molecule has 24 heavy (non-hydrogen) atoms. The van der Waals surface area contributed by atoms with E-state index in [0.717, 1.165) is 11.3 Å². The topological polar surface area (TPSA) is 41.6 Å². The molecule has 0 fully saturated rings. The lowest BCUT2D eigenvalue weighted by Crippen LogP contribution is -2.24. The van der Waals surface area contributed by atoms with Crippen LogP contribution in [0.1, 0.15) is 17.5 Å². The van der Waals surface area contributed by atoms with Crippen LogP contribution in [0.4, 0.5) is 10.1 Å². The normalized spacial score (nSPS) is 10.7. The molecule has 5 heteroatoms. The first kappa shape index (κ1) is 17.9. The van der Waals surface area contributed by atoms with Crippen molar-refractivity contribution in [3.05, 3.63) is 59.4 Å². The standard InChI is InChI=1S/C19H23FN2O2/c1-14-7-8-18(24-3)15(11-14)13-22(2)10-9-19(23)21-17-6-4-5-16(20)12-17/h4-8,11-12H,9-10,13H2,1-3H3,(H,21,23). The molecule has 0 bridgehead atoms. The fraction of sp³-hybridized carbons (Fsp3) is 0.316. The molecule has 0 atom stereocenters. The third-order valence-electron chi connectivity index (χ3n) is 3.71. The molecular formula is C19H23FN2O2. The van der Waals surface area contributed by atoms with Gasteiger partial charge in [-0.1, -0.05) is 23.8 Å². The van der Waals surface area contributed by atoms with Gasteiger partial charge in [-0.2, -0.15) is 0 Å². The van der Waals surface area contributed by atoms with Crippen LogP contribution in [0.15, 0.2) is 42.5 Å². The zero-order valence-electron chi connectivity index (χ0n) is 14.3. The van der Waals surface area contributed by atoms with Crippen LogP contribution in [-0.2, 0) is 11.3 Å². The second-order valence-corrected chi connectivity index (χ2v) is 5.86. The van der Waals surface area contributed by atoms with E-state index in [0.29, 0.717) is 25.2 Å². The molecule has 0 aliphatic rings. The highest BCUT2D eigenvalue weighted by Gasteiger charge is 2.09. The van der Waals surface area contributed by atoms with Crippen LogP contribution >= 0.6 is 0 Å². The summed E-state index contributed by atoms with van der Waals surface area (Å²) in [6, 6.07) is 11.9. The Kier molecular flexibility index (Phi) is 6.32. The third kappa shape index (κ3) is 5.35. The zero-order chi connectivity index (χ0) is 17.5. The Morgan fingerprint density at radius 3 is 2.75 bits per heavy atom. The fourth-order valence-corrected chi connectivity index (χ4v) is 2.48. The van der Waals surface area contributed by atoms with Gasteiger partial charge < -0.3 is 15.0 Å². The molecule has 0 radical (unpaired) electrons. The lowest BCUT2D eigenvalue weighted by molar-refractivity contribution is -0.116. The van der Waals surface area contributed by atoms with Crippen molar-refractivity contribution in [2.24, 2.45) is 0 Å². The molecule has 2 rings (SSSR count). The number of nitrogens with one attached hydrogen (secondary N) is 1. The largest absolute Gasteiger partial charge is 0.496 e. The Hall–Kier alpha value is -2.40. The van der Waals surface area contributed by atoms with Gasteiger partial charge in [-0.15, -0.1) is 0 Å². The lowest BCUT2D eigenvalue weighted by Gasteiger charge is -2.18. The summed E-state index contributed by atoms with van der Waals surface area (Å²) < 4.78 is 18.5. The molecule has 0 aliphatic carbocycles. The summed E-state index contributed by atoms with van der Waals surface area (Å²) in [6.07, 6.45) is 0.334. The van der Waals surface area contributed by atoms with Crippen molar-refractivity contribution in [3.8, 4) is 5.75 Å². The Morgan fingerprint density at radius 1 is 1.25 bits per heavy atom. The average molecular weight is 330 g/mol. The van der Waals surface area contributed by atoms with E-state index < -0.39 is 0 Å². The van der Waals surface area contributed by atoms with E-state index in [1.54, 1.807) is 19.2 Å². The van der Waals surface area contributed by atoms with E-state index in [4.69, 9.17) is 4.74 Å². The Balaban J connectivity index is 1.85. The molecule has 1 N–H and O–H groups in total. The van der Waals surface area contributed by atoms with Crippen LogP contribution in [0.3, 0.4) is 0 Å². The lowest BCUT2D eigenvalue weighted by atomic mass is 10.1. The van der Waals surface area contributed by atoms with Crippen LogP contribution < -0.4 is 10.1 Å². The van der Waals surface area contributed by atoms with Gasteiger partial charge >= 0.3 is 0 Å². The molecule has 0 aliphatic heterocycles. The molecule has 0 spiro atoms. The van der Waals surface area contributed by atoms with Crippen LogP contribution in [0.2, 0.25) is 0 Å². The minimum atomic E-state index is -0.364. The molecule has 2 aromatic rings. The zero-order valence-corrected chi connectivity index (χ0v) is 14.3. The van der Waals surface area contributed by atoms with Crippen LogP contribution in [0.25, 0.3) is 0 Å². The highest BCUT2D eigenvalue weighted by Crippen LogP contribution is 2.21. The quantitative estimate of drug-likeness (QED) is 0.843. The number of ether oxygens (including phenoxy) is 1. The number of hydrogen-bond acceptors (Lipinski definition) is 3. The predicted molar refractivity (Wildman–Crippen MR) is 93.7 cm³/mol. The molecule has 0 aromatic heterocycles. The Bertz CT molecular complexity index is 704. The predicted octanol–water partition coefficient (Wildman–Crippen LogP) is 3.60. The van der Waals surface area contributed by atoms with Crippen molar-refractivity contribution >= 4 is 11.6 Å². The SMILES string of the molecule is COc1ccc(C)cc1CN(C)CCC(=O)Nc1cccc(F)c1. The molecule has 2 aromatic carbocycles. The molecule has 0 saturated heterocycles. The number of methoxy groups -OCH3 is 1. The minimum Gasteiger partial charge on any atom is -0.496 e. The fourth-order valence-electron chi connectivity index (χ4n) is 2.48. The van der Waals surface area contributed by atoms with Gasteiger partial charge in [0.2, 0.25) is 5.91 Å². The van der Waals surface area contributed by atoms with E-state index in [1.807, 2.05) is 26.1 Å². The number of carbonyl (C=O) groups is 1. The first-order valence-electron chi connectivity index (χ1n) is 7.85. The van der Waals surface area contributed by atoms with E-state index in [9.17, 15) is 9.18 Å².